The van der Waals surface area contributed by atoms with Gasteiger partial charge in [-0.05, 0) is 49.9 Å². The Balaban J connectivity index is 1.55. The summed E-state index contributed by atoms with van der Waals surface area (Å²) in [6, 6.07) is 10.0. The molecule has 6 nitrogen and oxygen atoms in total. The van der Waals surface area contributed by atoms with Gasteiger partial charge < -0.3 is 14.6 Å². The zero-order valence-electron chi connectivity index (χ0n) is 16.5. The Morgan fingerprint density at radius 3 is 2.73 bits per heavy atom. The molecule has 1 N–H and O–H groups in total. The highest BCUT2D eigenvalue weighted by atomic mass is 35.5. The second-order valence-electron chi connectivity index (χ2n) is 7.24. The zero-order chi connectivity index (χ0) is 21.3. The first kappa shape index (κ1) is 20.3. The van der Waals surface area contributed by atoms with E-state index in [1.165, 1.54) is 10.6 Å². The van der Waals surface area contributed by atoms with Crippen molar-refractivity contribution in [2.75, 3.05) is 13.2 Å². The molecule has 0 radical (unpaired) electrons. The Hall–Kier alpha value is -2.93. The number of benzene rings is 2. The molecule has 2 heterocycles. The van der Waals surface area contributed by atoms with Crippen LogP contribution in [0.4, 0.5) is 4.39 Å². The van der Waals surface area contributed by atoms with E-state index in [0.717, 1.165) is 34.8 Å². The Kier molecular flexibility index (Phi) is 5.72. The molecular formula is C22H22ClFN2O4. The molecule has 0 spiro atoms. The molecule has 2 aromatic carbocycles. The number of aromatic nitrogens is 2. The summed E-state index contributed by atoms with van der Waals surface area (Å²) in [6.45, 7) is 2.91. The third-order valence-electron chi connectivity index (χ3n) is 5.10. The van der Waals surface area contributed by atoms with Crippen molar-refractivity contribution < 1.29 is 19.0 Å². The monoisotopic (exact) mass is 432 g/mol. The van der Waals surface area contributed by atoms with Gasteiger partial charge in [0.05, 0.1) is 16.4 Å². The van der Waals surface area contributed by atoms with Crippen molar-refractivity contribution in [3.63, 3.8) is 0 Å². The second-order valence-corrected chi connectivity index (χ2v) is 7.65. The first-order chi connectivity index (χ1) is 14.5. The third kappa shape index (κ3) is 3.89. The van der Waals surface area contributed by atoms with Crippen molar-refractivity contribution in [3.05, 3.63) is 69.0 Å². The van der Waals surface area contributed by atoms with E-state index < -0.39 is 11.5 Å². The van der Waals surface area contributed by atoms with E-state index in [0.29, 0.717) is 18.7 Å². The first-order valence-corrected chi connectivity index (χ1v) is 10.2. The molecule has 1 aliphatic rings. The van der Waals surface area contributed by atoms with Gasteiger partial charge in [0.25, 0.3) is 0 Å². The molecule has 0 bridgehead atoms. The molecular weight excluding hydrogens is 411 g/mol. The summed E-state index contributed by atoms with van der Waals surface area (Å²) in [7, 11) is 0. The molecule has 1 aliphatic heterocycles. The molecule has 0 fully saturated rings. The minimum Gasteiger partial charge on any atom is -0.493 e. The Labute approximate surface area is 178 Å². The minimum absolute atomic E-state index is 0.0725. The Morgan fingerprint density at radius 1 is 1.17 bits per heavy atom. The fourth-order valence-electron chi connectivity index (χ4n) is 3.65. The predicted molar refractivity (Wildman–Crippen MR) is 112 cm³/mol. The van der Waals surface area contributed by atoms with E-state index in [2.05, 4.69) is 0 Å². The van der Waals surface area contributed by atoms with Crippen LogP contribution in [0.5, 0.6) is 17.4 Å². The van der Waals surface area contributed by atoms with Crippen molar-refractivity contribution in [2.24, 2.45) is 0 Å². The van der Waals surface area contributed by atoms with E-state index in [1.807, 2.05) is 31.2 Å². The Bertz CT molecular complexity index is 1140. The number of aryl methyl sites for hydroxylation is 1. The largest absolute Gasteiger partial charge is 0.493 e. The SMILES string of the molecule is Cc1cccc(OCCOc2cc(-n3c(O)c4n(c3=O)CCCC4)c(F)cc2Cl)c1. The topological polar surface area (TPSA) is 65.6 Å². The van der Waals surface area contributed by atoms with Crippen LogP contribution in [0.2, 0.25) is 5.02 Å². The predicted octanol–water partition coefficient (Wildman–Crippen LogP) is 4.24. The van der Waals surface area contributed by atoms with E-state index in [1.54, 1.807) is 0 Å². The van der Waals surface area contributed by atoms with Gasteiger partial charge in [-0.3, -0.25) is 4.57 Å². The summed E-state index contributed by atoms with van der Waals surface area (Å²) in [4.78, 5) is 12.7. The maximum atomic E-state index is 14.6. The van der Waals surface area contributed by atoms with Gasteiger partial charge in [0.1, 0.15) is 30.5 Å². The second kappa shape index (κ2) is 8.44. The number of fused-ring (bicyclic) bond motifs is 1. The number of hydrogen-bond donors (Lipinski definition) is 1. The van der Waals surface area contributed by atoms with Crippen molar-refractivity contribution >= 4 is 11.6 Å². The normalized spacial score (nSPS) is 13.2. The number of hydrogen-bond acceptors (Lipinski definition) is 4. The molecule has 30 heavy (non-hydrogen) atoms. The number of ether oxygens (including phenoxy) is 2. The summed E-state index contributed by atoms with van der Waals surface area (Å²) >= 11 is 6.13. The van der Waals surface area contributed by atoms with Gasteiger partial charge in [0, 0.05) is 12.6 Å². The fourth-order valence-corrected chi connectivity index (χ4v) is 3.85. The number of nitrogens with zero attached hydrogens (tertiary/aromatic N) is 2. The van der Waals surface area contributed by atoms with Gasteiger partial charge in [-0.15, -0.1) is 0 Å². The summed E-state index contributed by atoms with van der Waals surface area (Å²) in [5.41, 5.74) is 1.03. The lowest BCUT2D eigenvalue weighted by molar-refractivity contribution is 0.217. The zero-order valence-corrected chi connectivity index (χ0v) is 17.3. The standard InChI is InChI=1S/C22H22ClFN2O4/c1-14-5-4-6-15(11-14)29-9-10-30-20-13-19(17(24)12-16(20)23)26-21(27)18-7-2-3-8-25(18)22(26)28/h4-6,11-13,27H,2-3,7-10H2,1H3. The van der Waals surface area contributed by atoms with E-state index in [9.17, 15) is 14.3 Å². The fraction of sp³-hybridized carbons (Fsp3) is 0.318. The van der Waals surface area contributed by atoms with Crippen LogP contribution in [-0.2, 0) is 13.0 Å². The van der Waals surface area contributed by atoms with Crippen LogP contribution in [0.15, 0.2) is 41.2 Å². The third-order valence-corrected chi connectivity index (χ3v) is 5.40. The van der Waals surface area contributed by atoms with Crippen molar-refractivity contribution in [3.8, 4) is 23.1 Å². The lowest BCUT2D eigenvalue weighted by Crippen LogP contribution is -2.26. The van der Waals surface area contributed by atoms with E-state index >= 15 is 0 Å². The van der Waals surface area contributed by atoms with E-state index in [4.69, 9.17) is 21.1 Å². The van der Waals surface area contributed by atoms with Crippen molar-refractivity contribution in [1.82, 2.24) is 9.13 Å². The Morgan fingerprint density at radius 2 is 1.97 bits per heavy atom. The maximum Gasteiger partial charge on any atom is 0.336 e. The van der Waals surface area contributed by atoms with Gasteiger partial charge in [-0.25, -0.2) is 13.8 Å². The first-order valence-electron chi connectivity index (χ1n) is 9.81. The summed E-state index contributed by atoms with van der Waals surface area (Å²) in [5, 5.41) is 10.6. The van der Waals surface area contributed by atoms with Gasteiger partial charge in [-0.1, -0.05) is 23.7 Å². The molecule has 0 amide bonds. The van der Waals surface area contributed by atoms with Crippen LogP contribution in [-0.4, -0.2) is 27.5 Å². The van der Waals surface area contributed by atoms with E-state index in [-0.39, 0.29) is 35.6 Å². The highest BCUT2D eigenvalue weighted by Gasteiger charge is 2.25. The van der Waals surface area contributed by atoms with Crippen LogP contribution in [0.25, 0.3) is 5.69 Å². The summed E-state index contributed by atoms with van der Waals surface area (Å²) < 4.78 is 28.4. The number of rotatable bonds is 6. The number of imidazole rings is 1. The average molecular weight is 433 g/mol. The van der Waals surface area contributed by atoms with Gasteiger partial charge in [0.15, 0.2) is 0 Å². The minimum atomic E-state index is -0.719. The van der Waals surface area contributed by atoms with Crippen LogP contribution >= 0.6 is 11.6 Å². The molecule has 0 atom stereocenters. The molecule has 0 saturated heterocycles. The molecule has 4 rings (SSSR count). The lowest BCUT2D eigenvalue weighted by Gasteiger charge is -2.13. The van der Waals surface area contributed by atoms with Crippen molar-refractivity contribution in [2.45, 2.75) is 32.7 Å². The van der Waals surface area contributed by atoms with Crippen LogP contribution in [0.1, 0.15) is 24.1 Å². The molecule has 0 saturated carbocycles. The van der Waals surface area contributed by atoms with Gasteiger partial charge in [0.2, 0.25) is 5.88 Å². The van der Waals surface area contributed by atoms with Crippen molar-refractivity contribution in [1.29, 1.82) is 0 Å². The molecule has 0 unspecified atom stereocenters. The van der Waals surface area contributed by atoms with Crippen LogP contribution < -0.4 is 15.2 Å². The molecule has 158 valence electrons. The van der Waals surface area contributed by atoms with Gasteiger partial charge >= 0.3 is 5.69 Å². The summed E-state index contributed by atoms with van der Waals surface area (Å²) in [6.07, 6.45) is 2.28. The van der Waals surface area contributed by atoms with Crippen LogP contribution in [0.3, 0.4) is 0 Å². The van der Waals surface area contributed by atoms with Crippen LogP contribution in [0, 0.1) is 12.7 Å². The molecule has 8 heteroatoms. The smallest absolute Gasteiger partial charge is 0.336 e. The highest BCUT2D eigenvalue weighted by molar-refractivity contribution is 6.32. The number of halogens is 2. The maximum absolute atomic E-state index is 14.6. The molecule has 1 aromatic heterocycles. The molecule has 0 aliphatic carbocycles. The molecule has 3 aromatic rings. The van der Waals surface area contributed by atoms with Gasteiger partial charge in [-0.2, -0.15) is 0 Å². The average Bonchev–Trinajstić information content (AvgIpc) is 2.98. The summed E-state index contributed by atoms with van der Waals surface area (Å²) in [5.74, 6) is -0.0323. The number of aromatic hydroxyl groups is 1. The lowest BCUT2D eigenvalue weighted by atomic mass is 10.1. The highest BCUT2D eigenvalue weighted by Crippen LogP contribution is 2.32. The quantitative estimate of drug-likeness (QED) is 0.592.